The molecule has 1 aromatic carbocycles. The summed E-state index contributed by atoms with van der Waals surface area (Å²) in [5.41, 5.74) is 1.17. The lowest BCUT2D eigenvalue weighted by Gasteiger charge is -2.27. The van der Waals surface area contributed by atoms with Gasteiger partial charge in [0.25, 0.3) is 0 Å². The van der Waals surface area contributed by atoms with Crippen molar-refractivity contribution in [3.8, 4) is 0 Å². The molecule has 0 aliphatic rings. The van der Waals surface area contributed by atoms with E-state index in [4.69, 9.17) is 13.9 Å². The molecule has 1 atom stereocenters. The minimum atomic E-state index is -0.687. The average molecular weight is 305 g/mol. The number of rotatable bonds is 9. The van der Waals surface area contributed by atoms with Gasteiger partial charge < -0.3 is 19.0 Å². The fourth-order valence-corrected chi connectivity index (χ4v) is 2.32. The van der Waals surface area contributed by atoms with Crippen LogP contribution in [0.4, 0.5) is 0 Å². The molecule has 2 aromatic rings. The van der Waals surface area contributed by atoms with Gasteiger partial charge in [0, 0.05) is 33.9 Å². The van der Waals surface area contributed by atoms with Crippen molar-refractivity contribution in [1.82, 2.24) is 4.90 Å². The molecule has 0 aliphatic heterocycles. The second-order valence-electron chi connectivity index (χ2n) is 5.11. The minimum Gasteiger partial charge on any atom is -0.467 e. The Kier molecular flexibility index (Phi) is 6.61. The van der Waals surface area contributed by atoms with E-state index in [2.05, 4.69) is 17.0 Å². The van der Waals surface area contributed by atoms with E-state index < -0.39 is 6.10 Å². The van der Waals surface area contributed by atoms with Crippen molar-refractivity contribution >= 4 is 0 Å². The van der Waals surface area contributed by atoms with Crippen LogP contribution in [-0.2, 0) is 16.0 Å². The van der Waals surface area contributed by atoms with E-state index in [-0.39, 0.29) is 6.29 Å². The molecule has 0 unspecified atom stereocenters. The van der Waals surface area contributed by atoms with Gasteiger partial charge in [-0.25, -0.2) is 0 Å². The molecule has 0 bridgehead atoms. The number of hydrogen-bond acceptors (Lipinski definition) is 5. The monoisotopic (exact) mass is 305 g/mol. The van der Waals surface area contributed by atoms with Gasteiger partial charge in [0.1, 0.15) is 11.9 Å². The topological polar surface area (TPSA) is 55.1 Å². The highest BCUT2D eigenvalue weighted by Crippen LogP contribution is 2.17. The fourth-order valence-electron chi connectivity index (χ4n) is 2.32. The van der Waals surface area contributed by atoms with Gasteiger partial charge in [-0.3, -0.25) is 4.90 Å². The molecule has 1 N–H and O–H groups in total. The number of aliphatic hydroxyl groups excluding tert-OH is 1. The predicted octanol–water partition coefficient (Wildman–Crippen LogP) is 2.43. The molecule has 5 heteroatoms. The van der Waals surface area contributed by atoms with Crippen molar-refractivity contribution in [2.24, 2.45) is 0 Å². The first-order valence-electron chi connectivity index (χ1n) is 7.26. The van der Waals surface area contributed by atoms with Gasteiger partial charge in [0.05, 0.1) is 6.26 Å². The van der Waals surface area contributed by atoms with E-state index in [9.17, 15) is 5.11 Å². The Hall–Kier alpha value is -1.66. The van der Waals surface area contributed by atoms with Gasteiger partial charge in [-0.2, -0.15) is 0 Å². The molecular weight excluding hydrogens is 282 g/mol. The molecule has 0 aliphatic carbocycles. The molecular formula is C17H23NO4. The lowest BCUT2D eigenvalue weighted by molar-refractivity contribution is -0.120. The maximum absolute atomic E-state index is 10.3. The molecule has 0 fully saturated rings. The zero-order chi connectivity index (χ0) is 15.8. The maximum Gasteiger partial charge on any atom is 0.169 e. The number of ether oxygens (including phenoxy) is 2. The Bertz CT molecular complexity index is 511. The number of nitrogens with zero attached hydrogens (tertiary/aromatic N) is 1. The Morgan fingerprint density at radius 1 is 1.05 bits per heavy atom. The average Bonchev–Trinajstić information content (AvgIpc) is 3.08. The molecule has 5 nitrogen and oxygen atoms in total. The summed E-state index contributed by atoms with van der Waals surface area (Å²) in [6, 6.07) is 13.6. The van der Waals surface area contributed by atoms with E-state index >= 15 is 0 Å². The molecule has 0 spiro atoms. The molecule has 0 saturated heterocycles. The van der Waals surface area contributed by atoms with Crippen LogP contribution in [0.25, 0.3) is 0 Å². The van der Waals surface area contributed by atoms with Gasteiger partial charge in [0.2, 0.25) is 0 Å². The van der Waals surface area contributed by atoms with Crippen LogP contribution in [0.15, 0.2) is 53.1 Å². The summed E-state index contributed by atoms with van der Waals surface area (Å²) in [6.07, 6.45) is 0.535. The van der Waals surface area contributed by atoms with E-state index in [1.54, 1.807) is 32.6 Å². The van der Waals surface area contributed by atoms with E-state index in [1.807, 2.05) is 18.2 Å². The second-order valence-corrected chi connectivity index (χ2v) is 5.11. The molecule has 1 aromatic heterocycles. The highest BCUT2D eigenvalue weighted by Gasteiger charge is 2.19. The molecule has 2 rings (SSSR count). The molecule has 1 heterocycles. The van der Waals surface area contributed by atoms with Crippen LogP contribution in [0.3, 0.4) is 0 Å². The third-order valence-electron chi connectivity index (χ3n) is 3.48. The summed E-state index contributed by atoms with van der Waals surface area (Å²) in [6.45, 7) is 1.69. The van der Waals surface area contributed by atoms with Crippen LogP contribution in [-0.4, -0.2) is 43.6 Å². The SMILES string of the molecule is COC(CN(Cc1ccccc1)C[C@@H](O)c1ccco1)OC. The number of furan rings is 1. The van der Waals surface area contributed by atoms with E-state index in [1.165, 1.54) is 5.56 Å². The number of hydrogen-bond donors (Lipinski definition) is 1. The Balaban J connectivity index is 2.03. The third kappa shape index (κ3) is 4.96. The molecule has 0 radical (unpaired) electrons. The van der Waals surface area contributed by atoms with Gasteiger partial charge >= 0.3 is 0 Å². The smallest absolute Gasteiger partial charge is 0.169 e. The number of benzene rings is 1. The van der Waals surface area contributed by atoms with E-state index in [0.29, 0.717) is 25.4 Å². The standard InChI is InChI=1S/C17H23NO4/c1-20-17(21-2)13-18(11-14-7-4-3-5-8-14)12-15(19)16-9-6-10-22-16/h3-10,15,17,19H,11-13H2,1-2H3/t15-/m1/s1. The molecule has 0 amide bonds. The summed E-state index contributed by atoms with van der Waals surface area (Å²) < 4.78 is 15.8. The van der Waals surface area contributed by atoms with Gasteiger partial charge in [0.15, 0.2) is 6.29 Å². The van der Waals surface area contributed by atoms with Crippen LogP contribution < -0.4 is 0 Å². The Morgan fingerprint density at radius 2 is 1.77 bits per heavy atom. The lowest BCUT2D eigenvalue weighted by Crippen LogP contribution is -2.36. The van der Waals surface area contributed by atoms with Gasteiger partial charge in [-0.15, -0.1) is 0 Å². The van der Waals surface area contributed by atoms with Crippen LogP contribution in [0, 0.1) is 0 Å². The Morgan fingerprint density at radius 3 is 2.36 bits per heavy atom. The summed E-state index contributed by atoms with van der Waals surface area (Å²) in [7, 11) is 3.22. The molecule has 120 valence electrons. The van der Waals surface area contributed by atoms with Gasteiger partial charge in [-0.1, -0.05) is 30.3 Å². The van der Waals surface area contributed by atoms with E-state index in [0.717, 1.165) is 0 Å². The number of aliphatic hydroxyl groups is 1. The van der Waals surface area contributed by atoms with Crippen molar-refractivity contribution < 1.29 is 19.0 Å². The summed E-state index contributed by atoms with van der Waals surface area (Å²) >= 11 is 0. The van der Waals surface area contributed by atoms with Crippen molar-refractivity contribution in [2.45, 2.75) is 18.9 Å². The van der Waals surface area contributed by atoms with Crippen LogP contribution in [0.5, 0.6) is 0 Å². The lowest BCUT2D eigenvalue weighted by atomic mass is 10.2. The van der Waals surface area contributed by atoms with Crippen molar-refractivity contribution in [1.29, 1.82) is 0 Å². The maximum atomic E-state index is 10.3. The number of methoxy groups -OCH3 is 2. The first kappa shape index (κ1) is 16.7. The zero-order valence-electron chi connectivity index (χ0n) is 13.0. The summed E-state index contributed by atoms with van der Waals surface area (Å²) in [5.74, 6) is 0.560. The second kappa shape index (κ2) is 8.70. The summed E-state index contributed by atoms with van der Waals surface area (Å²) in [4.78, 5) is 2.08. The quantitative estimate of drug-likeness (QED) is 0.721. The minimum absolute atomic E-state index is 0.340. The van der Waals surface area contributed by atoms with Crippen LogP contribution >= 0.6 is 0 Å². The van der Waals surface area contributed by atoms with Crippen molar-refractivity contribution in [2.75, 3.05) is 27.3 Å². The fraction of sp³-hybridized carbons (Fsp3) is 0.412. The van der Waals surface area contributed by atoms with Crippen LogP contribution in [0.1, 0.15) is 17.4 Å². The first-order chi connectivity index (χ1) is 10.7. The predicted molar refractivity (Wildman–Crippen MR) is 83.2 cm³/mol. The van der Waals surface area contributed by atoms with Crippen molar-refractivity contribution in [3.63, 3.8) is 0 Å². The van der Waals surface area contributed by atoms with Crippen molar-refractivity contribution in [3.05, 3.63) is 60.1 Å². The zero-order valence-corrected chi connectivity index (χ0v) is 13.0. The molecule has 22 heavy (non-hydrogen) atoms. The van der Waals surface area contributed by atoms with Gasteiger partial charge in [-0.05, 0) is 17.7 Å². The highest BCUT2D eigenvalue weighted by atomic mass is 16.7. The summed E-state index contributed by atoms with van der Waals surface area (Å²) in [5, 5.41) is 10.3. The normalized spacial score (nSPS) is 13.0. The highest BCUT2D eigenvalue weighted by molar-refractivity contribution is 5.14. The third-order valence-corrected chi connectivity index (χ3v) is 3.48. The molecule has 0 saturated carbocycles. The Labute approximate surface area is 131 Å². The van der Waals surface area contributed by atoms with Crippen LogP contribution in [0.2, 0.25) is 0 Å². The largest absolute Gasteiger partial charge is 0.467 e. The first-order valence-corrected chi connectivity index (χ1v) is 7.26.